The zero-order valence-electron chi connectivity index (χ0n) is 12.1. The highest BCUT2D eigenvalue weighted by molar-refractivity contribution is 14.0. The van der Waals surface area contributed by atoms with Crippen molar-refractivity contribution in [2.24, 2.45) is 10.7 Å². The second-order valence-corrected chi connectivity index (χ2v) is 8.00. The number of aliphatic imine (C=N–C) groups is 1. The van der Waals surface area contributed by atoms with Gasteiger partial charge in [0.2, 0.25) is 10.0 Å². The Labute approximate surface area is 143 Å². The van der Waals surface area contributed by atoms with E-state index in [1.807, 2.05) is 11.8 Å². The van der Waals surface area contributed by atoms with Gasteiger partial charge in [-0.1, -0.05) is 0 Å². The maximum Gasteiger partial charge on any atom is 0.213 e. The summed E-state index contributed by atoms with van der Waals surface area (Å²) in [4.78, 5) is 6.40. The van der Waals surface area contributed by atoms with Crippen LogP contribution in [-0.4, -0.2) is 74.1 Å². The molecule has 0 spiro atoms. The first-order chi connectivity index (χ1) is 8.97. The Hall–Kier alpha value is 0.260. The largest absolute Gasteiger partial charge is 0.370 e. The van der Waals surface area contributed by atoms with Gasteiger partial charge in [-0.2, -0.15) is 11.8 Å². The maximum atomic E-state index is 11.5. The molecule has 1 aliphatic rings. The number of guanidine groups is 1. The van der Waals surface area contributed by atoms with Crippen molar-refractivity contribution in [2.45, 2.75) is 13.3 Å². The third kappa shape index (κ3) is 6.81. The lowest BCUT2D eigenvalue weighted by molar-refractivity contribution is 0.450. The molecule has 0 aromatic heterocycles. The summed E-state index contributed by atoms with van der Waals surface area (Å²) in [5.74, 6) is 2.91. The zero-order valence-corrected chi connectivity index (χ0v) is 16.1. The zero-order chi connectivity index (χ0) is 14.3. The van der Waals surface area contributed by atoms with Gasteiger partial charge in [-0.15, -0.1) is 24.0 Å². The summed E-state index contributed by atoms with van der Waals surface area (Å²) >= 11 is 1.93. The number of halogens is 1. The van der Waals surface area contributed by atoms with Crippen molar-refractivity contribution in [3.8, 4) is 0 Å². The van der Waals surface area contributed by atoms with Gasteiger partial charge >= 0.3 is 0 Å². The first-order valence-corrected chi connectivity index (χ1v) is 9.30. The van der Waals surface area contributed by atoms with Gasteiger partial charge < -0.3 is 10.6 Å². The van der Waals surface area contributed by atoms with Gasteiger partial charge in [-0.25, -0.2) is 12.7 Å². The monoisotopic (exact) mass is 436 g/mol. The van der Waals surface area contributed by atoms with Crippen LogP contribution in [0.2, 0.25) is 0 Å². The normalized spacial score (nSPS) is 17.1. The Bertz CT molecular complexity index is 397. The van der Waals surface area contributed by atoms with Crippen LogP contribution < -0.4 is 5.73 Å². The average molecular weight is 436 g/mol. The van der Waals surface area contributed by atoms with Crippen molar-refractivity contribution in [2.75, 3.05) is 50.5 Å². The van der Waals surface area contributed by atoms with Gasteiger partial charge in [0.25, 0.3) is 0 Å². The van der Waals surface area contributed by atoms with Crippen molar-refractivity contribution in [1.82, 2.24) is 9.21 Å². The van der Waals surface area contributed by atoms with Crippen LogP contribution in [0.4, 0.5) is 0 Å². The lowest BCUT2D eigenvalue weighted by Crippen LogP contribution is -2.42. The van der Waals surface area contributed by atoms with Gasteiger partial charge in [-0.05, 0) is 13.3 Å². The minimum atomic E-state index is -3.08. The Morgan fingerprint density at radius 2 is 2.00 bits per heavy atom. The molecule has 1 heterocycles. The molecule has 0 aromatic carbocycles. The van der Waals surface area contributed by atoms with Crippen molar-refractivity contribution < 1.29 is 8.42 Å². The fourth-order valence-corrected chi connectivity index (χ4v) is 3.49. The third-order valence-electron chi connectivity index (χ3n) is 3.08. The Kier molecular flexibility index (Phi) is 10.2. The molecule has 0 radical (unpaired) electrons. The summed E-state index contributed by atoms with van der Waals surface area (Å²) in [7, 11) is -1.47. The van der Waals surface area contributed by atoms with Crippen molar-refractivity contribution in [3.05, 3.63) is 0 Å². The predicted molar refractivity (Wildman–Crippen MR) is 97.5 cm³/mol. The number of nitrogens with two attached hydrogens (primary N) is 1. The minimum absolute atomic E-state index is 0. The number of hydrogen-bond acceptors (Lipinski definition) is 4. The molecule has 20 heavy (non-hydrogen) atoms. The van der Waals surface area contributed by atoms with Gasteiger partial charge in [-0.3, -0.25) is 4.99 Å². The second-order valence-electron chi connectivity index (χ2n) is 4.41. The number of rotatable bonds is 6. The highest BCUT2D eigenvalue weighted by Gasteiger charge is 2.14. The lowest BCUT2D eigenvalue weighted by atomic mass is 10.4. The van der Waals surface area contributed by atoms with Crippen LogP contribution in [0.25, 0.3) is 0 Å². The SMILES string of the molecule is CCS(=O)(=O)N(C)CCCN=C(N)N1CCSCC1.I. The molecular formula is C11H25IN4O2S2. The molecule has 9 heteroatoms. The Balaban J connectivity index is 0.00000361. The van der Waals surface area contributed by atoms with Crippen LogP contribution in [0.15, 0.2) is 4.99 Å². The molecule has 0 bridgehead atoms. The van der Waals surface area contributed by atoms with E-state index in [1.54, 1.807) is 14.0 Å². The quantitative estimate of drug-likeness (QED) is 0.286. The van der Waals surface area contributed by atoms with E-state index in [-0.39, 0.29) is 29.7 Å². The molecule has 0 atom stereocenters. The van der Waals surface area contributed by atoms with E-state index in [2.05, 4.69) is 9.89 Å². The third-order valence-corrected chi connectivity index (χ3v) is 5.88. The average Bonchev–Trinajstić information content (AvgIpc) is 2.43. The molecule has 0 unspecified atom stereocenters. The van der Waals surface area contributed by atoms with Gasteiger partial charge in [0.15, 0.2) is 5.96 Å². The van der Waals surface area contributed by atoms with E-state index in [9.17, 15) is 8.42 Å². The smallest absolute Gasteiger partial charge is 0.213 e. The topological polar surface area (TPSA) is 79.0 Å². The highest BCUT2D eigenvalue weighted by atomic mass is 127. The highest BCUT2D eigenvalue weighted by Crippen LogP contribution is 2.08. The van der Waals surface area contributed by atoms with E-state index in [0.717, 1.165) is 24.6 Å². The fraction of sp³-hybridized carbons (Fsp3) is 0.909. The van der Waals surface area contributed by atoms with Crippen LogP contribution in [0, 0.1) is 0 Å². The van der Waals surface area contributed by atoms with E-state index in [4.69, 9.17) is 5.73 Å². The van der Waals surface area contributed by atoms with Crippen molar-refractivity contribution >= 4 is 51.7 Å². The van der Waals surface area contributed by atoms with Crippen LogP contribution in [-0.2, 0) is 10.0 Å². The predicted octanol–water partition coefficient (Wildman–Crippen LogP) is 0.640. The molecule has 6 nitrogen and oxygen atoms in total. The first kappa shape index (κ1) is 20.3. The summed E-state index contributed by atoms with van der Waals surface area (Å²) in [6.07, 6.45) is 0.693. The summed E-state index contributed by atoms with van der Waals surface area (Å²) < 4.78 is 24.4. The fourth-order valence-electron chi connectivity index (χ4n) is 1.74. The van der Waals surface area contributed by atoms with Crippen molar-refractivity contribution in [1.29, 1.82) is 0 Å². The summed E-state index contributed by atoms with van der Waals surface area (Å²) in [5, 5.41) is 0. The number of sulfonamides is 1. The first-order valence-electron chi connectivity index (χ1n) is 6.54. The molecule has 1 aliphatic heterocycles. The van der Waals surface area contributed by atoms with Crippen molar-refractivity contribution in [3.63, 3.8) is 0 Å². The van der Waals surface area contributed by atoms with Crippen LogP contribution in [0.1, 0.15) is 13.3 Å². The van der Waals surface area contributed by atoms with Gasteiger partial charge in [0.05, 0.1) is 5.75 Å². The van der Waals surface area contributed by atoms with E-state index in [1.165, 1.54) is 4.31 Å². The maximum absolute atomic E-state index is 11.5. The standard InChI is InChI=1S/C11H24N4O2S2.HI/c1-3-19(16,17)14(2)6-4-5-13-11(12)15-7-9-18-10-8-15;/h3-10H2,1-2H3,(H2,12,13);1H. The lowest BCUT2D eigenvalue weighted by Gasteiger charge is -2.27. The van der Waals surface area contributed by atoms with E-state index < -0.39 is 10.0 Å². The Morgan fingerprint density at radius 1 is 1.40 bits per heavy atom. The minimum Gasteiger partial charge on any atom is -0.370 e. The summed E-state index contributed by atoms with van der Waals surface area (Å²) in [6.45, 7) is 4.60. The molecule has 1 fully saturated rings. The van der Waals surface area contributed by atoms with Crippen LogP contribution in [0.3, 0.4) is 0 Å². The summed E-state index contributed by atoms with van der Waals surface area (Å²) in [5.41, 5.74) is 5.91. The molecule has 0 aliphatic carbocycles. The second kappa shape index (κ2) is 10.1. The molecular weight excluding hydrogens is 411 g/mol. The van der Waals surface area contributed by atoms with Gasteiger partial charge in [0.1, 0.15) is 0 Å². The molecule has 0 amide bonds. The number of thioether (sulfide) groups is 1. The molecule has 1 rings (SSSR count). The Morgan fingerprint density at radius 3 is 2.55 bits per heavy atom. The molecule has 1 saturated heterocycles. The van der Waals surface area contributed by atoms with Crippen LogP contribution in [0.5, 0.6) is 0 Å². The van der Waals surface area contributed by atoms with E-state index in [0.29, 0.717) is 25.5 Å². The van der Waals surface area contributed by atoms with E-state index >= 15 is 0 Å². The number of hydrogen-bond donors (Lipinski definition) is 1. The summed E-state index contributed by atoms with van der Waals surface area (Å²) in [6, 6.07) is 0. The van der Waals surface area contributed by atoms with Gasteiger partial charge in [0, 0.05) is 44.7 Å². The number of nitrogens with zero attached hydrogens (tertiary/aromatic N) is 3. The molecule has 2 N–H and O–H groups in total. The molecule has 0 aromatic rings. The van der Waals surface area contributed by atoms with Crippen LogP contribution >= 0.6 is 35.7 Å². The molecule has 120 valence electrons. The molecule has 0 saturated carbocycles.